The number of nitrogens with zero attached hydrogens (tertiary/aromatic N) is 1. The molecule has 1 amide bonds. The van der Waals surface area contributed by atoms with E-state index in [2.05, 4.69) is 0 Å². The summed E-state index contributed by atoms with van der Waals surface area (Å²) in [7, 11) is 0. The van der Waals surface area contributed by atoms with Gasteiger partial charge in [0.1, 0.15) is 12.4 Å². The molecule has 4 nitrogen and oxygen atoms in total. The third-order valence-electron chi connectivity index (χ3n) is 4.33. The number of para-hydroxylation sites is 1. The summed E-state index contributed by atoms with van der Waals surface area (Å²) in [4.78, 5) is 15.1. The van der Waals surface area contributed by atoms with Gasteiger partial charge in [0, 0.05) is 12.1 Å². The van der Waals surface area contributed by atoms with Crippen molar-refractivity contribution >= 4 is 23.1 Å². The molecule has 0 aliphatic carbocycles. The van der Waals surface area contributed by atoms with Gasteiger partial charge in [0.25, 0.3) is 0 Å². The lowest BCUT2D eigenvalue weighted by Gasteiger charge is -2.34. The molecule has 0 unspecified atom stereocenters. The van der Waals surface area contributed by atoms with Crippen LogP contribution in [-0.4, -0.2) is 28.9 Å². The van der Waals surface area contributed by atoms with Crippen molar-refractivity contribution in [1.82, 2.24) is 4.90 Å². The van der Waals surface area contributed by atoms with Crippen LogP contribution in [0.2, 0.25) is 0 Å². The molecule has 0 saturated carbocycles. The second-order valence-corrected chi connectivity index (χ2v) is 5.78. The van der Waals surface area contributed by atoms with E-state index >= 15 is 0 Å². The van der Waals surface area contributed by atoms with Crippen LogP contribution in [0.5, 0.6) is 5.75 Å². The van der Waals surface area contributed by atoms with Crippen molar-refractivity contribution in [2.45, 2.75) is 33.2 Å². The third kappa shape index (κ3) is 2.88. The monoisotopic (exact) mass is 306 g/mol. The van der Waals surface area contributed by atoms with Gasteiger partial charge in [-0.25, -0.2) is 0 Å². The first kappa shape index (κ1) is 15.8. The van der Waals surface area contributed by atoms with E-state index < -0.39 is 5.41 Å². The van der Waals surface area contributed by atoms with Gasteiger partial charge in [-0.2, -0.15) is 0 Å². The number of ether oxygens (including phenoxy) is 1. The Bertz CT molecular complexity index is 541. The van der Waals surface area contributed by atoms with Gasteiger partial charge in [0.15, 0.2) is 0 Å². The molecule has 1 aliphatic rings. The molecule has 0 radical (unpaired) electrons. The molecule has 21 heavy (non-hydrogen) atoms. The lowest BCUT2D eigenvalue weighted by Crippen LogP contribution is -2.50. The molecule has 1 aromatic rings. The molecule has 0 atom stereocenters. The Labute approximate surface area is 131 Å². The van der Waals surface area contributed by atoms with E-state index in [1.807, 2.05) is 43.0 Å². The quantitative estimate of drug-likeness (QED) is 0.868. The minimum Gasteiger partial charge on any atom is -0.491 e. The Morgan fingerprint density at radius 2 is 2.05 bits per heavy atom. The molecular formula is C16H22N2O2S. The first-order valence-corrected chi connectivity index (χ1v) is 7.76. The van der Waals surface area contributed by atoms with E-state index in [4.69, 9.17) is 22.7 Å². The maximum Gasteiger partial charge on any atom is 0.236 e. The van der Waals surface area contributed by atoms with Crippen LogP contribution in [-0.2, 0) is 11.3 Å². The summed E-state index contributed by atoms with van der Waals surface area (Å²) in [6, 6.07) is 7.81. The van der Waals surface area contributed by atoms with E-state index in [0.717, 1.165) is 11.3 Å². The molecule has 2 N–H and O–H groups in total. The second kappa shape index (κ2) is 6.43. The predicted octanol–water partition coefficient (Wildman–Crippen LogP) is 2.50. The van der Waals surface area contributed by atoms with Crippen LogP contribution in [0.4, 0.5) is 0 Å². The number of amides is 1. The predicted molar refractivity (Wildman–Crippen MR) is 87.2 cm³/mol. The molecule has 0 aromatic heterocycles. The fourth-order valence-electron chi connectivity index (χ4n) is 2.81. The number of nitrogens with two attached hydrogens (primary N) is 1. The summed E-state index contributed by atoms with van der Waals surface area (Å²) < 4.78 is 5.71. The van der Waals surface area contributed by atoms with E-state index in [-0.39, 0.29) is 10.9 Å². The van der Waals surface area contributed by atoms with Crippen molar-refractivity contribution in [1.29, 1.82) is 0 Å². The summed E-state index contributed by atoms with van der Waals surface area (Å²) in [6.07, 6.45) is 1.24. The third-order valence-corrected chi connectivity index (χ3v) is 4.72. The van der Waals surface area contributed by atoms with Crippen molar-refractivity contribution in [3.63, 3.8) is 0 Å². The number of thiocarbonyl (C=S) groups is 1. The van der Waals surface area contributed by atoms with Crippen molar-refractivity contribution in [3.05, 3.63) is 29.8 Å². The number of hydrogen-bond donors (Lipinski definition) is 1. The first-order valence-electron chi connectivity index (χ1n) is 7.35. The highest BCUT2D eigenvalue weighted by molar-refractivity contribution is 7.80. The van der Waals surface area contributed by atoms with Crippen molar-refractivity contribution in [2.24, 2.45) is 11.1 Å². The van der Waals surface area contributed by atoms with Crippen LogP contribution in [0.1, 0.15) is 32.3 Å². The summed E-state index contributed by atoms with van der Waals surface area (Å²) >= 11 is 5.18. The van der Waals surface area contributed by atoms with Gasteiger partial charge in [0.05, 0.1) is 16.9 Å². The van der Waals surface area contributed by atoms with E-state index in [1.165, 1.54) is 0 Å². The summed E-state index contributed by atoms with van der Waals surface area (Å²) in [5, 5.41) is 0. The van der Waals surface area contributed by atoms with Crippen LogP contribution in [0.25, 0.3) is 0 Å². The van der Waals surface area contributed by atoms with E-state index in [0.29, 0.717) is 32.5 Å². The average molecular weight is 306 g/mol. The molecule has 1 aromatic carbocycles. The van der Waals surface area contributed by atoms with Gasteiger partial charge in [-0.15, -0.1) is 0 Å². The lowest BCUT2D eigenvalue weighted by atomic mass is 9.80. The highest BCUT2D eigenvalue weighted by atomic mass is 32.1. The first-order chi connectivity index (χ1) is 10.0. The molecule has 1 heterocycles. The highest BCUT2D eigenvalue weighted by Gasteiger charge is 2.41. The normalized spacial score (nSPS) is 14.9. The number of carbonyl (C=O) groups excluding carboxylic acids is 1. The Morgan fingerprint density at radius 1 is 1.38 bits per heavy atom. The Morgan fingerprint density at radius 3 is 2.67 bits per heavy atom. The topological polar surface area (TPSA) is 55.6 Å². The molecule has 0 saturated heterocycles. The van der Waals surface area contributed by atoms with Crippen LogP contribution in [0, 0.1) is 5.41 Å². The van der Waals surface area contributed by atoms with E-state index in [1.54, 1.807) is 0 Å². The highest BCUT2D eigenvalue weighted by Crippen LogP contribution is 2.32. The number of carbonyl (C=O) groups is 1. The zero-order valence-electron chi connectivity index (χ0n) is 12.6. The van der Waals surface area contributed by atoms with E-state index in [9.17, 15) is 4.79 Å². The number of fused-ring (bicyclic) bond motifs is 1. The summed E-state index contributed by atoms with van der Waals surface area (Å²) in [5.74, 6) is 0.863. The zero-order chi connectivity index (χ0) is 15.5. The van der Waals surface area contributed by atoms with Gasteiger partial charge < -0.3 is 15.4 Å². The van der Waals surface area contributed by atoms with Crippen LogP contribution >= 0.6 is 12.2 Å². The Balaban J connectivity index is 2.29. The largest absolute Gasteiger partial charge is 0.491 e. The number of rotatable bonds is 4. The Kier molecular flexibility index (Phi) is 4.83. The van der Waals surface area contributed by atoms with Crippen molar-refractivity contribution in [2.75, 3.05) is 13.2 Å². The minimum absolute atomic E-state index is 0.0142. The minimum atomic E-state index is -0.741. The van der Waals surface area contributed by atoms with Crippen LogP contribution in [0.15, 0.2) is 24.3 Å². The smallest absolute Gasteiger partial charge is 0.236 e. The van der Waals surface area contributed by atoms with Gasteiger partial charge in [-0.05, 0) is 18.9 Å². The molecule has 0 spiro atoms. The Hall–Kier alpha value is -1.62. The van der Waals surface area contributed by atoms with Crippen molar-refractivity contribution in [3.8, 4) is 5.75 Å². The summed E-state index contributed by atoms with van der Waals surface area (Å²) in [6.45, 7) is 5.51. The molecule has 114 valence electrons. The van der Waals surface area contributed by atoms with Gasteiger partial charge in [-0.3, -0.25) is 4.79 Å². The second-order valence-electron chi connectivity index (χ2n) is 5.34. The van der Waals surface area contributed by atoms with Gasteiger partial charge in [-0.1, -0.05) is 44.3 Å². The maximum atomic E-state index is 13.0. The maximum absolute atomic E-state index is 13.0. The van der Waals surface area contributed by atoms with Crippen LogP contribution in [0.3, 0.4) is 0 Å². The van der Waals surface area contributed by atoms with Gasteiger partial charge in [0.2, 0.25) is 5.91 Å². The molecule has 0 bridgehead atoms. The molecule has 2 rings (SSSR count). The standard InChI is InChI=1S/C16H22N2O2S/c1-3-16(4-2,14(17)21)15(19)18-9-10-20-13-8-6-5-7-12(13)11-18/h5-8H,3-4,9-11H2,1-2H3,(H2,17,21). The molecule has 5 heteroatoms. The molecule has 0 fully saturated rings. The average Bonchev–Trinajstić information content (AvgIpc) is 2.70. The van der Waals surface area contributed by atoms with Gasteiger partial charge >= 0.3 is 0 Å². The fraction of sp³-hybridized carbons (Fsp3) is 0.500. The molecular weight excluding hydrogens is 284 g/mol. The molecule has 1 aliphatic heterocycles. The fourth-order valence-corrected chi connectivity index (χ4v) is 3.18. The van der Waals surface area contributed by atoms with Crippen molar-refractivity contribution < 1.29 is 9.53 Å². The zero-order valence-corrected chi connectivity index (χ0v) is 13.4. The van der Waals surface area contributed by atoms with Crippen LogP contribution < -0.4 is 10.5 Å². The lowest BCUT2D eigenvalue weighted by molar-refractivity contribution is -0.139. The number of hydrogen-bond acceptors (Lipinski definition) is 3. The summed E-state index contributed by atoms with van der Waals surface area (Å²) in [5.41, 5.74) is 6.17. The SMILES string of the molecule is CCC(CC)(C(=O)N1CCOc2ccccc2C1)C(N)=S. The number of benzene rings is 1.